The lowest BCUT2D eigenvalue weighted by atomic mass is 9.80. The highest BCUT2D eigenvalue weighted by molar-refractivity contribution is 5.41. The van der Waals surface area contributed by atoms with Crippen molar-refractivity contribution < 1.29 is 13.9 Å². The quantitative estimate of drug-likeness (QED) is 0.721. The molecule has 1 fully saturated rings. The Hall–Kier alpha value is -1.09. The van der Waals surface area contributed by atoms with Crippen LogP contribution in [0, 0.1) is 5.82 Å². The predicted octanol–water partition coefficient (Wildman–Crippen LogP) is 2.12. The fourth-order valence-corrected chi connectivity index (χ4v) is 1.72. The van der Waals surface area contributed by atoms with Gasteiger partial charge in [-0.1, -0.05) is 6.92 Å². The monoisotopic (exact) mass is 196 g/mol. The van der Waals surface area contributed by atoms with Gasteiger partial charge in [-0.25, -0.2) is 4.39 Å². The normalized spacial score (nSPS) is 18.8. The van der Waals surface area contributed by atoms with Crippen LogP contribution in [0.3, 0.4) is 0 Å². The molecule has 0 unspecified atom stereocenters. The van der Waals surface area contributed by atoms with Gasteiger partial charge in [-0.2, -0.15) is 0 Å². The number of rotatable bonds is 2. The summed E-state index contributed by atoms with van der Waals surface area (Å²) in [5.41, 5.74) is 0.805. The van der Waals surface area contributed by atoms with Crippen LogP contribution >= 0.6 is 0 Å². The van der Waals surface area contributed by atoms with E-state index in [1.165, 1.54) is 12.1 Å². The van der Waals surface area contributed by atoms with Gasteiger partial charge in [0.25, 0.3) is 0 Å². The van der Waals surface area contributed by atoms with E-state index < -0.39 is 0 Å². The summed E-state index contributed by atoms with van der Waals surface area (Å²) in [6, 6.07) is 4.60. The number of hydrogen-bond donors (Lipinski definition) is 0. The van der Waals surface area contributed by atoms with E-state index in [-0.39, 0.29) is 11.2 Å². The Balaban J connectivity index is 2.43. The maximum absolute atomic E-state index is 13.1. The van der Waals surface area contributed by atoms with Crippen LogP contribution in [0.15, 0.2) is 18.2 Å². The molecule has 1 heterocycles. The third-order valence-corrected chi connectivity index (χ3v) is 2.65. The molecule has 0 N–H and O–H groups in total. The van der Waals surface area contributed by atoms with Crippen molar-refractivity contribution in [2.45, 2.75) is 12.3 Å². The van der Waals surface area contributed by atoms with Gasteiger partial charge in [0, 0.05) is 11.0 Å². The second-order valence-corrected chi connectivity index (χ2v) is 3.90. The zero-order chi connectivity index (χ0) is 10.2. The fraction of sp³-hybridized carbons (Fsp3) is 0.455. The highest BCUT2D eigenvalue weighted by Crippen LogP contribution is 2.37. The van der Waals surface area contributed by atoms with Crippen molar-refractivity contribution in [3.05, 3.63) is 29.6 Å². The summed E-state index contributed by atoms with van der Waals surface area (Å²) in [5.74, 6) is 0.506. The summed E-state index contributed by atoms with van der Waals surface area (Å²) in [6.07, 6.45) is 0. The van der Waals surface area contributed by atoms with E-state index in [1.807, 2.05) is 6.92 Å². The lowest BCUT2D eigenvalue weighted by molar-refractivity contribution is -0.0510. The minimum Gasteiger partial charge on any atom is -0.496 e. The zero-order valence-corrected chi connectivity index (χ0v) is 8.34. The van der Waals surface area contributed by atoms with Crippen LogP contribution in [0.25, 0.3) is 0 Å². The highest BCUT2D eigenvalue weighted by atomic mass is 19.1. The predicted molar refractivity (Wildman–Crippen MR) is 51.1 cm³/mol. The molecule has 0 spiro atoms. The molecule has 1 aromatic rings. The van der Waals surface area contributed by atoms with Crippen LogP contribution in [0.1, 0.15) is 12.5 Å². The van der Waals surface area contributed by atoms with Crippen molar-refractivity contribution in [2.75, 3.05) is 20.3 Å². The standard InChI is InChI=1S/C11H13FO2/c1-11(6-14-7-11)9-5-8(12)3-4-10(9)13-2/h3-5H,6-7H2,1-2H3. The number of hydrogen-bond acceptors (Lipinski definition) is 2. The van der Waals surface area contributed by atoms with E-state index >= 15 is 0 Å². The molecule has 1 saturated heterocycles. The molecular formula is C11H13FO2. The SMILES string of the molecule is COc1ccc(F)cc1C1(C)COC1. The average Bonchev–Trinajstić information content (AvgIpc) is 2.14. The summed E-state index contributed by atoms with van der Waals surface area (Å²) < 4.78 is 23.4. The van der Waals surface area contributed by atoms with Crippen molar-refractivity contribution in [2.24, 2.45) is 0 Å². The summed E-state index contributed by atoms with van der Waals surface area (Å²) in [7, 11) is 1.60. The van der Waals surface area contributed by atoms with E-state index in [9.17, 15) is 4.39 Å². The van der Waals surface area contributed by atoms with Crippen molar-refractivity contribution in [1.82, 2.24) is 0 Å². The molecule has 3 heteroatoms. The second kappa shape index (κ2) is 3.24. The molecular weight excluding hydrogens is 183 g/mol. The molecule has 0 saturated carbocycles. The van der Waals surface area contributed by atoms with Crippen molar-refractivity contribution in [3.63, 3.8) is 0 Å². The topological polar surface area (TPSA) is 18.5 Å². The van der Waals surface area contributed by atoms with Gasteiger partial charge in [-0.05, 0) is 18.2 Å². The van der Waals surface area contributed by atoms with Crippen molar-refractivity contribution in [3.8, 4) is 5.75 Å². The van der Waals surface area contributed by atoms with Crippen LogP contribution in [-0.4, -0.2) is 20.3 Å². The first kappa shape index (κ1) is 9.46. The van der Waals surface area contributed by atoms with Crippen LogP contribution in [0.2, 0.25) is 0 Å². The molecule has 76 valence electrons. The second-order valence-electron chi connectivity index (χ2n) is 3.90. The molecule has 2 rings (SSSR count). The summed E-state index contributed by atoms with van der Waals surface area (Å²) >= 11 is 0. The van der Waals surface area contributed by atoms with Gasteiger partial charge in [-0.3, -0.25) is 0 Å². The molecule has 0 aromatic heterocycles. The fourth-order valence-electron chi connectivity index (χ4n) is 1.72. The third kappa shape index (κ3) is 1.38. The Kier molecular flexibility index (Phi) is 2.19. The molecule has 0 aliphatic carbocycles. The third-order valence-electron chi connectivity index (χ3n) is 2.65. The van der Waals surface area contributed by atoms with Gasteiger partial charge >= 0.3 is 0 Å². The van der Waals surface area contributed by atoms with Crippen LogP contribution in [-0.2, 0) is 10.2 Å². The molecule has 1 aliphatic heterocycles. The van der Waals surface area contributed by atoms with Gasteiger partial charge in [-0.15, -0.1) is 0 Å². The number of halogens is 1. The molecule has 0 atom stereocenters. The van der Waals surface area contributed by atoms with Crippen molar-refractivity contribution >= 4 is 0 Å². The summed E-state index contributed by atoms with van der Waals surface area (Å²) in [5, 5.41) is 0. The first-order chi connectivity index (χ1) is 6.65. The Bertz CT molecular complexity index is 345. The van der Waals surface area contributed by atoms with Gasteiger partial charge in [0.1, 0.15) is 11.6 Å². The molecule has 0 radical (unpaired) electrons. The van der Waals surface area contributed by atoms with Gasteiger partial charge in [0.2, 0.25) is 0 Å². The summed E-state index contributed by atoms with van der Waals surface area (Å²) in [6.45, 7) is 3.31. The molecule has 0 bridgehead atoms. The van der Waals surface area contributed by atoms with Gasteiger partial charge < -0.3 is 9.47 Å². The average molecular weight is 196 g/mol. The highest BCUT2D eigenvalue weighted by Gasteiger charge is 2.37. The Morgan fingerprint density at radius 3 is 2.64 bits per heavy atom. The Labute approximate surface area is 82.6 Å². The van der Waals surface area contributed by atoms with E-state index in [0.29, 0.717) is 13.2 Å². The number of benzene rings is 1. The van der Waals surface area contributed by atoms with Crippen LogP contribution < -0.4 is 4.74 Å². The lowest BCUT2D eigenvalue weighted by Gasteiger charge is -2.39. The van der Waals surface area contributed by atoms with Crippen LogP contribution in [0.4, 0.5) is 4.39 Å². The van der Waals surface area contributed by atoms with Crippen LogP contribution in [0.5, 0.6) is 5.75 Å². The Morgan fingerprint density at radius 1 is 1.43 bits per heavy atom. The Morgan fingerprint density at radius 2 is 2.14 bits per heavy atom. The summed E-state index contributed by atoms with van der Waals surface area (Å²) in [4.78, 5) is 0. The lowest BCUT2D eigenvalue weighted by Crippen LogP contribution is -2.44. The largest absolute Gasteiger partial charge is 0.496 e. The maximum Gasteiger partial charge on any atom is 0.123 e. The smallest absolute Gasteiger partial charge is 0.123 e. The first-order valence-electron chi connectivity index (χ1n) is 4.57. The number of methoxy groups -OCH3 is 1. The molecule has 14 heavy (non-hydrogen) atoms. The van der Waals surface area contributed by atoms with Gasteiger partial charge in [0.15, 0.2) is 0 Å². The molecule has 2 nitrogen and oxygen atoms in total. The molecule has 0 amide bonds. The van der Waals surface area contributed by atoms with E-state index in [2.05, 4.69) is 0 Å². The number of ether oxygens (including phenoxy) is 2. The van der Waals surface area contributed by atoms with E-state index in [4.69, 9.17) is 9.47 Å². The first-order valence-corrected chi connectivity index (χ1v) is 4.57. The zero-order valence-electron chi connectivity index (χ0n) is 8.34. The minimum atomic E-state index is -0.228. The molecule has 1 aliphatic rings. The minimum absolute atomic E-state index is 0.0898. The van der Waals surface area contributed by atoms with E-state index in [0.717, 1.165) is 11.3 Å². The van der Waals surface area contributed by atoms with Crippen molar-refractivity contribution in [1.29, 1.82) is 0 Å². The molecule has 1 aromatic carbocycles. The van der Waals surface area contributed by atoms with Gasteiger partial charge in [0.05, 0.1) is 20.3 Å². The maximum atomic E-state index is 13.1. The van der Waals surface area contributed by atoms with E-state index in [1.54, 1.807) is 13.2 Å².